The fourth-order valence-corrected chi connectivity index (χ4v) is 2.70. The third-order valence-corrected chi connectivity index (χ3v) is 4.22. The van der Waals surface area contributed by atoms with Gasteiger partial charge in [-0.1, -0.05) is 60.5 Å². The number of hydrogen-bond acceptors (Lipinski definition) is 4. The summed E-state index contributed by atoms with van der Waals surface area (Å²) in [6.07, 6.45) is 1.68. The summed E-state index contributed by atoms with van der Waals surface area (Å²) in [5, 5.41) is 3.92. The molecule has 3 rings (SSSR count). The normalized spacial score (nSPS) is 10.7. The van der Waals surface area contributed by atoms with Crippen LogP contribution in [0.5, 0.6) is 5.88 Å². The summed E-state index contributed by atoms with van der Waals surface area (Å²) in [6.45, 7) is 6.36. The highest BCUT2D eigenvalue weighted by Crippen LogP contribution is 2.31. The van der Waals surface area contributed by atoms with Crippen LogP contribution >= 0.6 is 11.6 Å². The van der Waals surface area contributed by atoms with Crippen molar-refractivity contribution in [2.45, 2.75) is 13.8 Å². The van der Waals surface area contributed by atoms with Crippen LogP contribution in [0.4, 0.5) is 0 Å². The molecule has 3 aromatic rings. The van der Waals surface area contributed by atoms with Gasteiger partial charge in [0.05, 0.1) is 11.9 Å². The van der Waals surface area contributed by atoms with Crippen LogP contribution in [0.3, 0.4) is 0 Å². The second-order valence-corrected chi connectivity index (χ2v) is 6.42. The summed E-state index contributed by atoms with van der Waals surface area (Å²) in [7, 11) is 0. The summed E-state index contributed by atoms with van der Waals surface area (Å²) in [5.41, 5.74) is 4.79. The molecule has 1 aromatic heterocycles. The van der Waals surface area contributed by atoms with Crippen molar-refractivity contribution in [1.29, 1.82) is 0 Å². The van der Waals surface area contributed by atoms with Gasteiger partial charge in [0.15, 0.2) is 0 Å². The van der Waals surface area contributed by atoms with Crippen LogP contribution in [-0.4, -0.2) is 29.7 Å². The highest BCUT2D eigenvalue weighted by atomic mass is 35.5. The van der Waals surface area contributed by atoms with Crippen molar-refractivity contribution in [3.05, 3.63) is 65.3 Å². The molecule has 2 aromatic carbocycles. The number of likely N-dealkylation sites (N-methyl/N-ethyl adjacent to an activating group) is 1. The van der Waals surface area contributed by atoms with Crippen molar-refractivity contribution in [2.24, 2.45) is 0 Å². The van der Waals surface area contributed by atoms with Gasteiger partial charge in [0.1, 0.15) is 12.3 Å². The lowest BCUT2D eigenvalue weighted by molar-refractivity contribution is 0.303. The van der Waals surface area contributed by atoms with Gasteiger partial charge in [-0.15, -0.1) is 0 Å². The lowest BCUT2D eigenvalue weighted by Crippen LogP contribution is -2.20. The predicted molar refractivity (Wildman–Crippen MR) is 107 cm³/mol. The number of rotatable bonds is 7. The summed E-state index contributed by atoms with van der Waals surface area (Å²) in [4.78, 5) is 9.35. The van der Waals surface area contributed by atoms with Crippen LogP contribution in [0.25, 0.3) is 22.5 Å². The smallest absolute Gasteiger partial charge is 0.232 e. The Morgan fingerprint density at radius 3 is 2.31 bits per heavy atom. The number of hydrogen-bond donors (Lipinski definition) is 1. The number of nitrogens with one attached hydrogen (secondary N) is 1. The number of halogens is 1. The van der Waals surface area contributed by atoms with Gasteiger partial charge in [0.2, 0.25) is 5.88 Å². The molecule has 0 aliphatic heterocycles. The predicted octanol–water partition coefficient (Wildman–Crippen LogP) is 4.76. The SMILES string of the molecule is CCNCCOc1cnc(-c2ccc(C)cc2)c(-c2ccc(Cl)cc2)n1. The quantitative estimate of drug-likeness (QED) is 0.611. The Balaban J connectivity index is 1.97. The highest BCUT2D eigenvalue weighted by molar-refractivity contribution is 6.30. The average molecular weight is 368 g/mol. The van der Waals surface area contributed by atoms with E-state index in [0.29, 0.717) is 17.5 Å². The van der Waals surface area contributed by atoms with Crippen molar-refractivity contribution >= 4 is 11.6 Å². The van der Waals surface area contributed by atoms with E-state index < -0.39 is 0 Å². The van der Waals surface area contributed by atoms with E-state index in [9.17, 15) is 0 Å². The molecule has 5 heteroatoms. The molecule has 0 radical (unpaired) electrons. The monoisotopic (exact) mass is 367 g/mol. The lowest BCUT2D eigenvalue weighted by Gasteiger charge is -2.12. The van der Waals surface area contributed by atoms with Gasteiger partial charge in [-0.3, -0.25) is 0 Å². The Kier molecular flexibility index (Phi) is 6.21. The van der Waals surface area contributed by atoms with Crippen molar-refractivity contribution in [1.82, 2.24) is 15.3 Å². The van der Waals surface area contributed by atoms with Gasteiger partial charge in [-0.05, 0) is 25.6 Å². The number of ether oxygens (including phenoxy) is 1. The molecule has 0 unspecified atom stereocenters. The molecular weight excluding hydrogens is 346 g/mol. The van der Waals surface area contributed by atoms with Gasteiger partial charge in [0, 0.05) is 22.7 Å². The molecule has 0 saturated heterocycles. The molecule has 0 aliphatic rings. The van der Waals surface area contributed by atoms with Crippen LogP contribution in [0.1, 0.15) is 12.5 Å². The molecule has 1 heterocycles. The van der Waals surface area contributed by atoms with Crippen molar-refractivity contribution in [2.75, 3.05) is 19.7 Å². The standard InChI is InChI=1S/C21H22ClN3O/c1-3-23-12-13-26-19-14-24-20(16-6-4-15(2)5-7-16)21(25-19)17-8-10-18(22)11-9-17/h4-11,14,23H,3,12-13H2,1-2H3. The van der Waals surface area contributed by atoms with Crippen molar-refractivity contribution < 1.29 is 4.74 Å². The first-order chi connectivity index (χ1) is 12.7. The van der Waals surface area contributed by atoms with Crippen LogP contribution in [-0.2, 0) is 0 Å². The molecular formula is C21H22ClN3O. The zero-order chi connectivity index (χ0) is 18.4. The van der Waals surface area contributed by atoms with E-state index in [4.69, 9.17) is 21.3 Å². The molecule has 0 aliphatic carbocycles. The highest BCUT2D eigenvalue weighted by Gasteiger charge is 2.13. The van der Waals surface area contributed by atoms with Gasteiger partial charge in [-0.25, -0.2) is 9.97 Å². The topological polar surface area (TPSA) is 47.0 Å². The van der Waals surface area contributed by atoms with E-state index in [1.807, 2.05) is 24.3 Å². The average Bonchev–Trinajstić information content (AvgIpc) is 2.67. The Hall–Kier alpha value is -2.43. The lowest BCUT2D eigenvalue weighted by atomic mass is 10.0. The summed E-state index contributed by atoms with van der Waals surface area (Å²) < 4.78 is 5.74. The van der Waals surface area contributed by atoms with Crippen molar-refractivity contribution in [3.63, 3.8) is 0 Å². The Labute approximate surface area is 159 Å². The van der Waals surface area contributed by atoms with E-state index in [1.165, 1.54) is 5.56 Å². The summed E-state index contributed by atoms with van der Waals surface area (Å²) in [5.74, 6) is 0.517. The van der Waals surface area contributed by atoms with Crippen LogP contribution < -0.4 is 10.1 Å². The van der Waals surface area contributed by atoms with E-state index >= 15 is 0 Å². The molecule has 26 heavy (non-hydrogen) atoms. The zero-order valence-corrected chi connectivity index (χ0v) is 15.8. The second kappa shape index (κ2) is 8.79. The van der Waals surface area contributed by atoms with Crippen LogP contribution in [0, 0.1) is 6.92 Å². The minimum absolute atomic E-state index is 0.517. The third-order valence-electron chi connectivity index (χ3n) is 3.97. The first-order valence-electron chi connectivity index (χ1n) is 8.71. The molecule has 0 atom stereocenters. The van der Waals surface area contributed by atoms with E-state index in [2.05, 4.69) is 48.4 Å². The molecule has 134 valence electrons. The molecule has 0 bridgehead atoms. The molecule has 1 N–H and O–H groups in total. The molecule has 0 fully saturated rings. The van der Waals surface area contributed by atoms with E-state index in [1.54, 1.807) is 6.20 Å². The fraction of sp³-hybridized carbons (Fsp3) is 0.238. The number of nitrogens with zero attached hydrogens (tertiary/aromatic N) is 2. The van der Waals surface area contributed by atoms with Crippen LogP contribution in [0.15, 0.2) is 54.7 Å². The Morgan fingerprint density at radius 1 is 0.962 bits per heavy atom. The first kappa shape index (κ1) is 18.4. The summed E-state index contributed by atoms with van der Waals surface area (Å²) in [6, 6.07) is 15.9. The van der Waals surface area contributed by atoms with Gasteiger partial charge < -0.3 is 10.1 Å². The maximum Gasteiger partial charge on any atom is 0.232 e. The minimum Gasteiger partial charge on any atom is -0.475 e. The molecule has 4 nitrogen and oxygen atoms in total. The van der Waals surface area contributed by atoms with E-state index in [-0.39, 0.29) is 0 Å². The maximum absolute atomic E-state index is 6.04. The molecule has 0 saturated carbocycles. The van der Waals surface area contributed by atoms with Crippen molar-refractivity contribution in [3.8, 4) is 28.4 Å². The number of aryl methyl sites for hydroxylation is 1. The number of aromatic nitrogens is 2. The van der Waals surface area contributed by atoms with Gasteiger partial charge >= 0.3 is 0 Å². The van der Waals surface area contributed by atoms with Crippen LogP contribution in [0.2, 0.25) is 5.02 Å². The molecule has 0 amide bonds. The zero-order valence-electron chi connectivity index (χ0n) is 15.0. The largest absolute Gasteiger partial charge is 0.475 e. The van der Waals surface area contributed by atoms with Gasteiger partial charge in [0.25, 0.3) is 0 Å². The van der Waals surface area contributed by atoms with E-state index in [0.717, 1.165) is 35.6 Å². The summed E-state index contributed by atoms with van der Waals surface area (Å²) >= 11 is 6.04. The fourth-order valence-electron chi connectivity index (χ4n) is 2.58. The minimum atomic E-state index is 0.517. The Bertz CT molecular complexity index is 848. The maximum atomic E-state index is 6.04. The number of benzene rings is 2. The third kappa shape index (κ3) is 4.59. The first-order valence-corrected chi connectivity index (χ1v) is 9.08. The molecule has 0 spiro atoms. The second-order valence-electron chi connectivity index (χ2n) is 5.98. The Morgan fingerprint density at radius 2 is 1.62 bits per heavy atom. The van der Waals surface area contributed by atoms with Gasteiger partial charge in [-0.2, -0.15) is 0 Å².